The molecule has 0 unspecified atom stereocenters. The van der Waals surface area contributed by atoms with E-state index in [1.54, 1.807) is 0 Å². The summed E-state index contributed by atoms with van der Waals surface area (Å²) in [6.45, 7) is 7.89. The highest BCUT2D eigenvalue weighted by Gasteiger charge is 2.35. The molecule has 0 bridgehead atoms. The third-order valence-electron chi connectivity index (χ3n) is 5.40. The largest absolute Gasteiger partial charge is 0.338 e. The molecule has 5 nitrogen and oxygen atoms in total. The van der Waals surface area contributed by atoms with Gasteiger partial charge in [0.15, 0.2) is 5.82 Å². The van der Waals surface area contributed by atoms with Crippen LogP contribution in [0, 0.1) is 5.92 Å². The first-order valence-electron chi connectivity index (χ1n) is 9.41. The van der Waals surface area contributed by atoms with Crippen molar-refractivity contribution in [1.82, 2.24) is 15.0 Å². The van der Waals surface area contributed by atoms with Gasteiger partial charge >= 0.3 is 0 Å². The Balaban J connectivity index is 1.55. The molecule has 2 aromatic rings. The number of likely N-dealkylation sites (tertiary alicyclic amines) is 1. The van der Waals surface area contributed by atoms with Gasteiger partial charge in [0.2, 0.25) is 5.89 Å². The van der Waals surface area contributed by atoms with E-state index in [1.165, 1.54) is 5.56 Å². The van der Waals surface area contributed by atoms with E-state index in [1.807, 2.05) is 0 Å². The van der Waals surface area contributed by atoms with Crippen LogP contribution in [0.4, 0.5) is 0 Å². The van der Waals surface area contributed by atoms with E-state index >= 15 is 0 Å². The van der Waals surface area contributed by atoms with Gasteiger partial charge in [-0.2, -0.15) is 4.98 Å². The van der Waals surface area contributed by atoms with Crippen molar-refractivity contribution in [3.05, 3.63) is 47.6 Å². The van der Waals surface area contributed by atoms with Crippen molar-refractivity contribution < 1.29 is 4.52 Å². The van der Waals surface area contributed by atoms with Crippen molar-refractivity contribution >= 4 is 0 Å². The SMILES string of the molecule is CC(C)CCc1noc(CN2CCC(CN)(c3ccccc3)CC2)n1. The molecule has 136 valence electrons. The quantitative estimate of drug-likeness (QED) is 0.837. The standard InChI is InChI=1S/C20H30N4O/c1-16(2)8-9-18-22-19(25-23-18)14-24-12-10-20(15-21,11-13-24)17-6-4-3-5-7-17/h3-7,16H,8-15,21H2,1-2H3. The molecule has 0 aliphatic carbocycles. The second-order valence-electron chi connectivity index (χ2n) is 7.66. The van der Waals surface area contributed by atoms with Gasteiger partial charge in [-0.3, -0.25) is 4.90 Å². The van der Waals surface area contributed by atoms with E-state index in [4.69, 9.17) is 10.3 Å². The molecule has 1 saturated heterocycles. The minimum atomic E-state index is 0.106. The number of benzene rings is 1. The Hall–Kier alpha value is -1.72. The van der Waals surface area contributed by atoms with Crippen molar-refractivity contribution in [2.24, 2.45) is 11.7 Å². The summed E-state index contributed by atoms with van der Waals surface area (Å²) in [4.78, 5) is 6.95. The lowest BCUT2D eigenvalue weighted by atomic mass is 9.73. The van der Waals surface area contributed by atoms with Gasteiger partial charge in [-0.25, -0.2) is 0 Å². The summed E-state index contributed by atoms with van der Waals surface area (Å²) >= 11 is 0. The zero-order valence-electron chi connectivity index (χ0n) is 15.4. The van der Waals surface area contributed by atoms with Crippen LogP contribution in [-0.4, -0.2) is 34.7 Å². The van der Waals surface area contributed by atoms with Crippen molar-refractivity contribution in [3.63, 3.8) is 0 Å². The second kappa shape index (κ2) is 8.11. The van der Waals surface area contributed by atoms with E-state index in [0.29, 0.717) is 12.5 Å². The minimum absolute atomic E-state index is 0.106. The topological polar surface area (TPSA) is 68.2 Å². The maximum absolute atomic E-state index is 6.17. The first-order chi connectivity index (χ1) is 12.1. The summed E-state index contributed by atoms with van der Waals surface area (Å²) in [6, 6.07) is 10.7. The van der Waals surface area contributed by atoms with Crippen LogP contribution in [0.5, 0.6) is 0 Å². The average Bonchev–Trinajstić information content (AvgIpc) is 3.09. The maximum Gasteiger partial charge on any atom is 0.240 e. The third-order valence-corrected chi connectivity index (χ3v) is 5.40. The van der Waals surface area contributed by atoms with Gasteiger partial charge in [-0.1, -0.05) is 49.3 Å². The Morgan fingerprint density at radius 2 is 1.92 bits per heavy atom. The summed E-state index contributed by atoms with van der Waals surface area (Å²) in [5, 5.41) is 4.11. The number of nitrogens with two attached hydrogens (primary N) is 1. The highest BCUT2D eigenvalue weighted by molar-refractivity contribution is 5.26. The lowest BCUT2D eigenvalue weighted by Gasteiger charge is -2.41. The zero-order valence-corrected chi connectivity index (χ0v) is 15.4. The van der Waals surface area contributed by atoms with Crippen LogP contribution in [0.2, 0.25) is 0 Å². The van der Waals surface area contributed by atoms with Crippen molar-refractivity contribution in [2.45, 2.75) is 51.5 Å². The van der Waals surface area contributed by atoms with Gasteiger partial charge in [0.1, 0.15) is 0 Å². The average molecular weight is 342 g/mol. The summed E-state index contributed by atoms with van der Waals surface area (Å²) in [5.41, 5.74) is 7.64. The molecule has 0 amide bonds. The van der Waals surface area contributed by atoms with Crippen LogP contribution in [0.3, 0.4) is 0 Å². The van der Waals surface area contributed by atoms with E-state index in [9.17, 15) is 0 Å². The van der Waals surface area contributed by atoms with Gasteiger partial charge in [0.25, 0.3) is 0 Å². The lowest BCUT2D eigenvalue weighted by Crippen LogP contribution is -2.46. The van der Waals surface area contributed by atoms with Crippen LogP contribution in [-0.2, 0) is 18.4 Å². The van der Waals surface area contributed by atoms with Gasteiger partial charge in [-0.15, -0.1) is 0 Å². The number of hydrogen-bond donors (Lipinski definition) is 1. The molecular formula is C20H30N4O. The lowest BCUT2D eigenvalue weighted by molar-refractivity contribution is 0.141. The molecule has 3 rings (SSSR count). The highest BCUT2D eigenvalue weighted by atomic mass is 16.5. The molecule has 0 radical (unpaired) electrons. The molecule has 2 N–H and O–H groups in total. The predicted octanol–water partition coefficient (Wildman–Crippen LogP) is 3.15. The van der Waals surface area contributed by atoms with E-state index < -0.39 is 0 Å². The molecule has 1 aliphatic rings. The van der Waals surface area contributed by atoms with Gasteiger partial charge in [0.05, 0.1) is 6.54 Å². The van der Waals surface area contributed by atoms with Gasteiger partial charge in [-0.05, 0) is 43.8 Å². The minimum Gasteiger partial charge on any atom is -0.338 e. The van der Waals surface area contributed by atoms with Crippen LogP contribution in [0.25, 0.3) is 0 Å². The fraction of sp³-hybridized carbons (Fsp3) is 0.600. The first kappa shape index (κ1) is 18.1. The Labute approximate surface area is 150 Å². The Morgan fingerprint density at radius 1 is 1.20 bits per heavy atom. The normalized spacial score (nSPS) is 17.9. The molecule has 1 fully saturated rings. The summed E-state index contributed by atoms with van der Waals surface area (Å²) < 4.78 is 5.44. The molecular weight excluding hydrogens is 312 g/mol. The number of aromatic nitrogens is 2. The number of hydrogen-bond acceptors (Lipinski definition) is 5. The molecule has 1 aromatic heterocycles. The van der Waals surface area contributed by atoms with Crippen LogP contribution in [0.15, 0.2) is 34.9 Å². The zero-order chi connectivity index (χ0) is 17.7. The van der Waals surface area contributed by atoms with Crippen LogP contribution < -0.4 is 5.73 Å². The van der Waals surface area contributed by atoms with Crippen LogP contribution in [0.1, 0.15) is 50.4 Å². The number of aryl methyl sites for hydroxylation is 1. The smallest absolute Gasteiger partial charge is 0.240 e. The van der Waals surface area contributed by atoms with Gasteiger partial charge in [0, 0.05) is 18.4 Å². The molecule has 1 aliphatic heterocycles. The molecule has 25 heavy (non-hydrogen) atoms. The summed E-state index contributed by atoms with van der Waals surface area (Å²) in [6.07, 6.45) is 4.13. The Bertz CT molecular complexity index is 645. The van der Waals surface area contributed by atoms with Crippen molar-refractivity contribution in [2.75, 3.05) is 19.6 Å². The van der Waals surface area contributed by atoms with E-state index in [-0.39, 0.29) is 5.41 Å². The highest BCUT2D eigenvalue weighted by Crippen LogP contribution is 2.34. The van der Waals surface area contributed by atoms with Crippen molar-refractivity contribution in [3.8, 4) is 0 Å². The molecule has 0 atom stereocenters. The van der Waals surface area contributed by atoms with Crippen molar-refractivity contribution in [1.29, 1.82) is 0 Å². The monoisotopic (exact) mass is 342 g/mol. The first-order valence-corrected chi connectivity index (χ1v) is 9.41. The summed E-state index contributed by atoms with van der Waals surface area (Å²) in [5.74, 6) is 2.23. The number of nitrogens with zero attached hydrogens (tertiary/aromatic N) is 3. The fourth-order valence-corrected chi connectivity index (χ4v) is 3.61. The fourth-order valence-electron chi connectivity index (χ4n) is 3.61. The van der Waals surface area contributed by atoms with E-state index in [0.717, 1.165) is 57.0 Å². The third kappa shape index (κ3) is 4.47. The Kier molecular flexibility index (Phi) is 5.86. The maximum atomic E-state index is 6.17. The molecule has 5 heteroatoms. The van der Waals surface area contributed by atoms with Crippen LogP contribution >= 0.6 is 0 Å². The second-order valence-corrected chi connectivity index (χ2v) is 7.66. The molecule has 0 spiro atoms. The van der Waals surface area contributed by atoms with Gasteiger partial charge < -0.3 is 10.3 Å². The Morgan fingerprint density at radius 3 is 2.56 bits per heavy atom. The molecule has 2 heterocycles. The number of rotatable bonds is 7. The molecule has 0 saturated carbocycles. The molecule has 1 aromatic carbocycles. The summed E-state index contributed by atoms with van der Waals surface area (Å²) in [7, 11) is 0. The number of piperidine rings is 1. The van der Waals surface area contributed by atoms with E-state index in [2.05, 4.69) is 59.2 Å². The predicted molar refractivity (Wildman–Crippen MR) is 99.1 cm³/mol.